The molecule has 2 aromatic carbocycles. The van der Waals surface area contributed by atoms with E-state index in [1.807, 2.05) is 12.1 Å². The number of benzene rings is 2. The van der Waals surface area contributed by atoms with Crippen LogP contribution in [0.15, 0.2) is 36.4 Å². The molecule has 24 heavy (non-hydrogen) atoms. The van der Waals surface area contributed by atoms with Crippen molar-refractivity contribution in [1.29, 1.82) is 0 Å². The molecule has 6 heteroatoms. The van der Waals surface area contributed by atoms with Gasteiger partial charge in [-0.1, -0.05) is 0 Å². The lowest BCUT2D eigenvalue weighted by Crippen LogP contribution is -2.19. The Hall–Kier alpha value is -2.89. The number of rotatable bonds is 3. The molecular formula is C18H19N5O. The van der Waals surface area contributed by atoms with Gasteiger partial charge < -0.3 is 10.2 Å². The van der Waals surface area contributed by atoms with Crippen LogP contribution in [0.3, 0.4) is 0 Å². The smallest absolute Gasteiger partial charge is 0.255 e. The maximum Gasteiger partial charge on any atom is 0.255 e. The number of H-pyrrole nitrogens is 1. The number of nitrogens with zero attached hydrogens (tertiary/aromatic N) is 3. The van der Waals surface area contributed by atoms with Gasteiger partial charge in [-0.15, -0.1) is 0 Å². The van der Waals surface area contributed by atoms with Gasteiger partial charge in [0.05, 0.1) is 0 Å². The standard InChI is InChI=1S/C18H19N5O/c1-12-10-14(5-7-17(12)23-8-2-3-9-23)19-18(24)13-4-6-15-16(11-13)21-22-20-15/h4-7,10-11H,2-3,8-9H2,1H3,(H,19,24)(H,20,21,22). The summed E-state index contributed by atoms with van der Waals surface area (Å²) in [5.74, 6) is -0.145. The van der Waals surface area contributed by atoms with Gasteiger partial charge in [0.2, 0.25) is 0 Å². The van der Waals surface area contributed by atoms with E-state index in [-0.39, 0.29) is 5.91 Å². The monoisotopic (exact) mass is 321 g/mol. The van der Waals surface area contributed by atoms with E-state index in [0.717, 1.165) is 24.3 Å². The molecule has 0 saturated carbocycles. The third-order valence-corrected chi connectivity index (χ3v) is 4.48. The van der Waals surface area contributed by atoms with Crippen LogP contribution in [0.4, 0.5) is 11.4 Å². The number of carbonyl (C=O) groups excluding carboxylic acids is 1. The summed E-state index contributed by atoms with van der Waals surface area (Å²) in [4.78, 5) is 14.9. The van der Waals surface area contributed by atoms with Gasteiger partial charge in [-0.25, -0.2) is 0 Å². The van der Waals surface area contributed by atoms with Crippen molar-refractivity contribution in [3.63, 3.8) is 0 Å². The fourth-order valence-electron chi connectivity index (χ4n) is 3.23. The highest BCUT2D eigenvalue weighted by Gasteiger charge is 2.15. The van der Waals surface area contributed by atoms with Gasteiger partial charge in [0.15, 0.2) is 0 Å². The van der Waals surface area contributed by atoms with Gasteiger partial charge >= 0.3 is 0 Å². The van der Waals surface area contributed by atoms with Crippen LogP contribution in [0, 0.1) is 6.92 Å². The van der Waals surface area contributed by atoms with Crippen molar-refractivity contribution in [2.75, 3.05) is 23.3 Å². The summed E-state index contributed by atoms with van der Waals surface area (Å²) in [5, 5.41) is 13.5. The highest BCUT2D eigenvalue weighted by Crippen LogP contribution is 2.27. The van der Waals surface area contributed by atoms with Gasteiger partial charge in [0.1, 0.15) is 11.0 Å². The van der Waals surface area contributed by atoms with Gasteiger partial charge in [0, 0.05) is 30.0 Å². The average Bonchev–Trinajstić information content (AvgIpc) is 3.25. The number of aromatic nitrogens is 3. The second-order valence-electron chi connectivity index (χ2n) is 6.18. The number of aromatic amines is 1. The molecule has 1 fully saturated rings. The number of aryl methyl sites for hydroxylation is 1. The van der Waals surface area contributed by atoms with Crippen molar-refractivity contribution in [1.82, 2.24) is 15.4 Å². The molecule has 0 spiro atoms. The Morgan fingerprint density at radius 1 is 1.08 bits per heavy atom. The first-order chi connectivity index (χ1) is 11.7. The Kier molecular flexibility index (Phi) is 3.65. The summed E-state index contributed by atoms with van der Waals surface area (Å²) in [6.45, 7) is 4.32. The minimum Gasteiger partial charge on any atom is -0.371 e. The molecule has 0 unspecified atom stereocenters. The van der Waals surface area contributed by atoms with Crippen molar-refractivity contribution < 1.29 is 4.79 Å². The van der Waals surface area contributed by atoms with Crippen molar-refractivity contribution >= 4 is 28.3 Å². The highest BCUT2D eigenvalue weighted by molar-refractivity contribution is 6.06. The SMILES string of the molecule is Cc1cc(NC(=O)c2ccc3n[nH]nc3c2)ccc1N1CCCC1. The van der Waals surface area contributed by atoms with Crippen LogP contribution < -0.4 is 10.2 Å². The fraction of sp³-hybridized carbons (Fsp3) is 0.278. The molecule has 1 aliphatic heterocycles. The molecule has 2 heterocycles. The second-order valence-corrected chi connectivity index (χ2v) is 6.18. The van der Waals surface area contributed by atoms with Crippen LogP contribution in [-0.4, -0.2) is 34.4 Å². The lowest BCUT2D eigenvalue weighted by Gasteiger charge is -2.20. The minimum atomic E-state index is -0.145. The highest BCUT2D eigenvalue weighted by atomic mass is 16.1. The third kappa shape index (κ3) is 2.71. The number of carbonyl (C=O) groups is 1. The first-order valence-corrected chi connectivity index (χ1v) is 8.18. The molecule has 6 nitrogen and oxygen atoms in total. The van der Waals surface area contributed by atoms with Crippen molar-refractivity contribution in [2.24, 2.45) is 0 Å². The molecular weight excluding hydrogens is 302 g/mol. The number of anilines is 2. The maximum atomic E-state index is 12.5. The summed E-state index contributed by atoms with van der Waals surface area (Å²) in [7, 11) is 0. The number of amides is 1. The van der Waals surface area contributed by atoms with E-state index in [9.17, 15) is 4.79 Å². The Morgan fingerprint density at radius 3 is 2.67 bits per heavy atom. The number of nitrogens with one attached hydrogen (secondary N) is 2. The molecule has 0 bridgehead atoms. The zero-order chi connectivity index (χ0) is 16.5. The van der Waals surface area contributed by atoms with Crippen molar-refractivity contribution in [3.05, 3.63) is 47.5 Å². The number of hydrogen-bond donors (Lipinski definition) is 2. The van der Waals surface area contributed by atoms with E-state index in [1.165, 1.54) is 24.1 Å². The minimum absolute atomic E-state index is 0.145. The maximum absolute atomic E-state index is 12.5. The molecule has 3 aromatic rings. The molecule has 122 valence electrons. The van der Waals surface area contributed by atoms with Gasteiger partial charge in [-0.3, -0.25) is 4.79 Å². The third-order valence-electron chi connectivity index (χ3n) is 4.48. The van der Waals surface area contributed by atoms with Crippen molar-refractivity contribution in [3.8, 4) is 0 Å². The Balaban J connectivity index is 1.53. The second kappa shape index (κ2) is 5.96. The van der Waals surface area contributed by atoms with E-state index < -0.39 is 0 Å². The van der Waals surface area contributed by atoms with Gasteiger partial charge in [-0.2, -0.15) is 15.4 Å². The molecule has 0 atom stereocenters. The molecule has 1 aliphatic rings. The first-order valence-electron chi connectivity index (χ1n) is 8.18. The lowest BCUT2D eigenvalue weighted by atomic mass is 10.1. The summed E-state index contributed by atoms with van der Waals surface area (Å²) in [6.07, 6.45) is 2.50. The molecule has 0 radical (unpaired) electrons. The molecule has 1 aromatic heterocycles. The summed E-state index contributed by atoms with van der Waals surface area (Å²) in [5.41, 5.74) is 5.25. The van der Waals surface area contributed by atoms with Crippen LogP contribution in [0.5, 0.6) is 0 Å². The topological polar surface area (TPSA) is 73.9 Å². The van der Waals surface area contributed by atoms with Crippen molar-refractivity contribution in [2.45, 2.75) is 19.8 Å². The quantitative estimate of drug-likeness (QED) is 0.777. The zero-order valence-corrected chi connectivity index (χ0v) is 13.5. The Morgan fingerprint density at radius 2 is 1.88 bits per heavy atom. The molecule has 4 rings (SSSR count). The predicted octanol–water partition coefficient (Wildman–Crippen LogP) is 3.12. The Labute approximate surface area is 139 Å². The van der Waals surface area contributed by atoms with Gasteiger partial charge in [-0.05, 0) is 61.7 Å². The van der Waals surface area contributed by atoms with E-state index in [2.05, 4.69) is 38.6 Å². The molecule has 1 saturated heterocycles. The number of hydrogen-bond acceptors (Lipinski definition) is 4. The van der Waals surface area contributed by atoms with E-state index in [1.54, 1.807) is 18.2 Å². The lowest BCUT2D eigenvalue weighted by molar-refractivity contribution is 0.102. The van der Waals surface area contributed by atoms with Crippen LogP contribution in [0.25, 0.3) is 11.0 Å². The number of fused-ring (bicyclic) bond motifs is 1. The first kappa shape index (κ1) is 14.7. The molecule has 0 aliphatic carbocycles. The van der Waals surface area contributed by atoms with Crippen LogP contribution >= 0.6 is 0 Å². The molecule has 1 amide bonds. The van der Waals surface area contributed by atoms with Crippen LogP contribution in [0.2, 0.25) is 0 Å². The fourth-order valence-corrected chi connectivity index (χ4v) is 3.23. The van der Waals surface area contributed by atoms with E-state index in [4.69, 9.17) is 0 Å². The zero-order valence-electron chi connectivity index (χ0n) is 13.5. The predicted molar refractivity (Wildman–Crippen MR) is 94.5 cm³/mol. The summed E-state index contributed by atoms with van der Waals surface area (Å²) < 4.78 is 0. The summed E-state index contributed by atoms with van der Waals surface area (Å²) >= 11 is 0. The molecule has 2 N–H and O–H groups in total. The normalized spacial score (nSPS) is 14.3. The van der Waals surface area contributed by atoms with E-state index >= 15 is 0 Å². The van der Waals surface area contributed by atoms with Crippen LogP contribution in [0.1, 0.15) is 28.8 Å². The average molecular weight is 321 g/mol. The summed E-state index contributed by atoms with van der Waals surface area (Å²) in [6, 6.07) is 11.4. The van der Waals surface area contributed by atoms with Gasteiger partial charge in [0.25, 0.3) is 5.91 Å². The van der Waals surface area contributed by atoms with Crippen LogP contribution in [-0.2, 0) is 0 Å². The Bertz CT molecular complexity index is 895. The van der Waals surface area contributed by atoms with E-state index in [0.29, 0.717) is 11.1 Å². The largest absolute Gasteiger partial charge is 0.371 e.